The highest BCUT2D eigenvalue weighted by Crippen LogP contribution is 2.39. The first-order chi connectivity index (χ1) is 26.7. The number of pyridine rings is 1. The molecule has 7 aromatic carbocycles. The van der Waals surface area contributed by atoms with Gasteiger partial charge in [-0.1, -0.05) is 48.5 Å². The lowest BCUT2D eigenvalue weighted by Crippen LogP contribution is -2.09. The number of hydrogen-bond donors (Lipinski definition) is 0. The maximum absolute atomic E-state index is 6.14. The number of oxazole rings is 2. The summed E-state index contributed by atoms with van der Waals surface area (Å²) in [5.41, 5.74) is 11.9. The van der Waals surface area contributed by atoms with Crippen LogP contribution >= 0.6 is 0 Å². The van der Waals surface area contributed by atoms with E-state index in [2.05, 4.69) is 113 Å². The first-order valence-electron chi connectivity index (χ1n) is 17.7. The smallest absolute Gasteiger partial charge is 0.227 e. The molecule has 0 saturated carbocycles. The van der Waals surface area contributed by atoms with Crippen molar-refractivity contribution in [1.29, 1.82) is 0 Å². The van der Waals surface area contributed by atoms with Crippen molar-refractivity contribution in [3.63, 3.8) is 0 Å². The van der Waals surface area contributed by atoms with E-state index in [1.54, 1.807) is 12.4 Å². The maximum Gasteiger partial charge on any atom is 0.227 e. The number of benzene rings is 7. The standard InChI is InChI=1S/C47H28N4O3/c1-3-7-42-40(5-1)49-46(53-42)29-11-17-35(18-12-29)51(36-19-13-30(14-20-36)47-50-41-6-2-4-8-43(41)54-47)37-21-15-32-25-31(9-10-33(32)26-37)34-16-22-38-39-23-24-48-28-45(39)52-44(38)27-34/h1-28H. The molecule has 0 bridgehead atoms. The molecule has 7 nitrogen and oxygen atoms in total. The van der Waals surface area contributed by atoms with Crippen molar-refractivity contribution >= 4 is 72.0 Å². The molecule has 11 aromatic rings. The molecule has 0 amide bonds. The van der Waals surface area contributed by atoms with Gasteiger partial charge in [0.25, 0.3) is 0 Å². The van der Waals surface area contributed by atoms with Crippen LogP contribution in [0, 0.1) is 0 Å². The molecule has 11 rings (SSSR count). The third-order valence-electron chi connectivity index (χ3n) is 10.0. The molecular formula is C47H28N4O3. The van der Waals surface area contributed by atoms with Crippen LogP contribution in [0.25, 0.3) is 88.9 Å². The second kappa shape index (κ2) is 12.0. The Balaban J connectivity index is 0.972. The minimum Gasteiger partial charge on any atom is -0.454 e. The molecule has 0 aliphatic carbocycles. The van der Waals surface area contributed by atoms with Gasteiger partial charge in [-0.25, -0.2) is 9.97 Å². The number of aromatic nitrogens is 3. The van der Waals surface area contributed by atoms with Crippen LogP contribution in [-0.4, -0.2) is 15.0 Å². The monoisotopic (exact) mass is 696 g/mol. The van der Waals surface area contributed by atoms with Gasteiger partial charge in [-0.15, -0.1) is 0 Å². The molecule has 7 heteroatoms. The third-order valence-corrected chi connectivity index (χ3v) is 10.0. The molecule has 0 saturated heterocycles. The van der Waals surface area contributed by atoms with Gasteiger partial charge in [0, 0.05) is 45.2 Å². The predicted molar refractivity (Wildman–Crippen MR) is 215 cm³/mol. The Kier molecular flexibility index (Phi) is 6.72. The molecule has 0 aliphatic heterocycles. The number of anilines is 3. The lowest BCUT2D eigenvalue weighted by Gasteiger charge is -2.26. The predicted octanol–water partition coefficient (Wildman–Crippen LogP) is 12.9. The van der Waals surface area contributed by atoms with Crippen LogP contribution in [0.2, 0.25) is 0 Å². The fourth-order valence-corrected chi connectivity index (χ4v) is 7.31. The van der Waals surface area contributed by atoms with Gasteiger partial charge in [0.15, 0.2) is 16.7 Å². The van der Waals surface area contributed by atoms with E-state index in [0.717, 1.165) is 94.2 Å². The summed E-state index contributed by atoms with van der Waals surface area (Å²) < 4.78 is 18.3. The lowest BCUT2D eigenvalue weighted by molar-refractivity contribution is 0.619. The van der Waals surface area contributed by atoms with Gasteiger partial charge in [-0.2, -0.15) is 0 Å². The number of nitrogens with zero attached hydrogens (tertiary/aromatic N) is 4. The Bertz CT molecular complexity index is 2990. The van der Waals surface area contributed by atoms with Gasteiger partial charge in [0.05, 0.1) is 6.20 Å². The van der Waals surface area contributed by atoms with E-state index in [0.29, 0.717) is 11.8 Å². The Morgan fingerprint density at radius 1 is 0.389 bits per heavy atom. The first-order valence-corrected chi connectivity index (χ1v) is 17.7. The molecule has 0 unspecified atom stereocenters. The average molecular weight is 697 g/mol. The third kappa shape index (κ3) is 5.10. The normalized spacial score (nSPS) is 11.7. The lowest BCUT2D eigenvalue weighted by atomic mass is 9.99. The molecule has 4 aromatic heterocycles. The van der Waals surface area contributed by atoms with Crippen LogP contribution in [0.4, 0.5) is 17.1 Å². The van der Waals surface area contributed by atoms with Crippen LogP contribution in [-0.2, 0) is 0 Å². The molecular weight excluding hydrogens is 669 g/mol. The van der Waals surface area contributed by atoms with Gasteiger partial charge in [-0.3, -0.25) is 4.98 Å². The minimum absolute atomic E-state index is 0.593. The summed E-state index contributed by atoms with van der Waals surface area (Å²) in [6.07, 6.45) is 3.57. The van der Waals surface area contributed by atoms with E-state index < -0.39 is 0 Å². The molecule has 54 heavy (non-hydrogen) atoms. The highest BCUT2D eigenvalue weighted by atomic mass is 16.4. The molecule has 0 radical (unpaired) electrons. The number of rotatable bonds is 6. The zero-order chi connectivity index (χ0) is 35.6. The van der Waals surface area contributed by atoms with Crippen LogP contribution < -0.4 is 4.90 Å². The number of furan rings is 1. The summed E-state index contributed by atoms with van der Waals surface area (Å²) in [5.74, 6) is 1.19. The first kappa shape index (κ1) is 30.1. The second-order valence-corrected chi connectivity index (χ2v) is 13.3. The Morgan fingerprint density at radius 3 is 1.59 bits per heavy atom. The SMILES string of the molecule is c1ccc2oc(-c3ccc(N(c4ccc(-c5nc6ccccc6o5)cc4)c4ccc5cc(-c6ccc7c(c6)oc6cnccc67)ccc5c4)cc3)nc2c1. The van der Waals surface area contributed by atoms with Gasteiger partial charge in [0.1, 0.15) is 16.6 Å². The highest BCUT2D eigenvalue weighted by Gasteiger charge is 2.17. The fraction of sp³-hybridized carbons (Fsp3) is 0. The van der Waals surface area contributed by atoms with Gasteiger partial charge in [0.2, 0.25) is 11.8 Å². The van der Waals surface area contributed by atoms with Crippen LogP contribution in [0.15, 0.2) is 183 Å². The topological polar surface area (TPSA) is 81.3 Å². The summed E-state index contributed by atoms with van der Waals surface area (Å²) in [5, 5.41) is 4.43. The Labute approximate surface area is 308 Å². The van der Waals surface area contributed by atoms with Crippen molar-refractivity contribution in [1.82, 2.24) is 15.0 Å². The summed E-state index contributed by atoms with van der Waals surface area (Å²) in [6.45, 7) is 0. The van der Waals surface area contributed by atoms with Crippen molar-refractivity contribution in [2.45, 2.75) is 0 Å². The molecule has 0 spiro atoms. The molecule has 0 atom stereocenters. The number of para-hydroxylation sites is 4. The summed E-state index contributed by atoms with van der Waals surface area (Å²) in [6, 6.07) is 53.9. The Hall–Kier alpha value is -7.51. The van der Waals surface area contributed by atoms with E-state index in [-0.39, 0.29) is 0 Å². The minimum atomic E-state index is 0.593. The average Bonchev–Trinajstić information content (AvgIpc) is 3.96. The van der Waals surface area contributed by atoms with E-state index in [1.807, 2.05) is 54.6 Å². The van der Waals surface area contributed by atoms with E-state index in [4.69, 9.17) is 23.2 Å². The van der Waals surface area contributed by atoms with Crippen LogP contribution in [0.5, 0.6) is 0 Å². The van der Waals surface area contributed by atoms with Crippen molar-refractivity contribution in [3.05, 3.63) is 170 Å². The number of hydrogen-bond acceptors (Lipinski definition) is 7. The van der Waals surface area contributed by atoms with E-state index in [9.17, 15) is 0 Å². The molecule has 0 aliphatic rings. The van der Waals surface area contributed by atoms with Crippen LogP contribution in [0.3, 0.4) is 0 Å². The molecule has 254 valence electrons. The number of fused-ring (bicyclic) bond motifs is 6. The van der Waals surface area contributed by atoms with E-state index >= 15 is 0 Å². The van der Waals surface area contributed by atoms with Crippen molar-refractivity contribution < 1.29 is 13.3 Å². The van der Waals surface area contributed by atoms with Crippen molar-refractivity contribution in [2.75, 3.05) is 4.90 Å². The Morgan fingerprint density at radius 2 is 0.926 bits per heavy atom. The zero-order valence-corrected chi connectivity index (χ0v) is 28.7. The molecule has 4 heterocycles. The van der Waals surface area contributed by atoms with Crippen LogP contribution in [0.1, 0.15) is 0 Å². The zero-order valence-electron chi connectivity index (χ0n) is 28.7. The quantitative estimate of drug-likeness (QED) is 0.171. The summed E-state index contributed by atoms with van der Waals surface area (Å²) >= 11 is 0. The van der Waals surface area contributed by atoms with Gasteiger partial charge < -0.3 is 18.2 Å². The molecule has 0 N–H and O–H groups in total. The van der Waals surface area contributed by atoms with Crippen molar-refractivity contribution in [3.8, 4) is 34.0 Å². The van der Waals surface area contributed by atoms with Gasteiger partial charge in [-0.05, 0) is 131 Å². The summed E-state index contributed by atoms with van der Waals surface area (Å²) in [7, 11) is 0. The summed E-state index contributed by atoms with van der Waals surface area (Å²) in [4.78, 5) is 15.9. The van der Waals surface area contributed by atoms with E-state index in [1.165, 1.54) is 0 Å². The molecule has 0 fully saturated rings. The largest absolute Gasteiger partial charge is 0.454 e. The highest BCUT2D eigenvalue weighted by molar-refractivity contribution is 6.06. The maximum atomic E-state index is 6.14. The fourth-order valence-electron chi connectivity index (χ4n) is 7.31. The van der Waals surface area contributed by atoms with Crippen molar-refractivity contribution in [2.24, 2.45) is 0 Å². The second-order valence-electron chi connectivity index (χ2n) is 13.3. The van der Waals surface area contributed by atoms with Gasteiger partial charge >= 0.3 is 0 Å².